The summed E-state index contributed by atoms with van der Waals surface area (Å²) in [6, 6.07) is 23.2. The van der Waals surface area contributed by atoms with E-state index in [1.807, 2.05) is 71.6 Å². The zero-order valence-corrected chi connectivity index (χ0v) is 24.3. The number of benzene rings is 3. The number of hydrogen-bond acceptors (Lipinski definition) is 5. The summed E-state index contributed by atoms with van der Waals surface area (Å²) in [5, 5.41) is 3.63. The van der Waals surface area contributed by atoms with Gasteiger partial charge >= 0.3 is 0 Å². The molecule has 1 aliphatic carbocycles. The van der Waals surface area contributed by atoms with Gasteiger partial charge in [0.1, 0.15) is 11.5 Å². The van der Waals surface area contributed by atoms with Crippen molar-refractivity contribution in [3.63, 3.8) is 0 Å². The molecule has 0 unspecified atom stereocenters. The summed E-state index contributed by atoms with van der Waals surface area (Å²) in [7, 11) is 1.64. The van der Waals surface area contributed by atoms with Crippen molar-refractivity contribution in [1.29, 1.82) is 0 Å². The van der Waals surface area contributed by atoms with Gasteiger partial charge in [-0.15, -0.1) is 0 Å². The summed E-state index contributed by atoms with van der Waals surface area (Å²) in [4.78, 5) is 30.2. The molecule has 6 nitrogen and oxygen atoms in total. The molecule has 1 aliphatic heterocycles. The zero-order chi connectivity index (χ0) is 28.8. The van der Waals surface area contributed by atoms with Crippen LogP contribution in [0.1, 0.15) is 81.9 Å². The Hall–Kier alpha value is -4.06. The highest BCUT2D eigenvalue weighted by atomic mass is 16.5. The van der Waals surface area contributed by atoms with Crippen LogP contribution in [0.5, 0.6) is 11.5 Å². The van der Waals surface area contributed by atoms with Gasteiger partial charge in [-0.3, -0.25) is 14.5 Å². The lowest BCUT2D eigenvalue weighted by Gasteiger charge is -2.35. The molecule has 0 aromatic heterocycles. The van der Waals surface area contributed by atoms with E-state index in [2.05, 4.69) is 25.2 Å². The van der Waals surface area contributed by atoms with Crippen LogP contribution >= 0.6 is 0 Å². The van der Waals surface area contributed by atoms with Crippen LogP contribution in [0.4, 0.5) is 11.4 Å². The molecule has 6 heteroatoms. The monoisotopic (exact) mass is 552 g/mol. The third-order valence-electron chi connectivity index (χ3n) is 8.00. The molecule has 0 saturated carbocycles. The van der Waals surface area contributed by atoms with Gasteiger partial charge in [-0.1, -0.05) is 69.2 Å². The van der Waals surface area contributed by atoms with Crippen molar-refractivity contribution in [2.24, 2.45) is 0 Å². The number of rotatable bonds is 10. The number of ether oxygens (including phenoxy) is 2. The highest BCUT2D eigenvalue weighted by Crippen LogP contribution is 2.48. The fourth-order valence-electron chi connectivity index (χ4n) is 5.99. The predicted octanol–water partition coefficient (Wildman–Crippen LogP) is 7.96. The number of ketones is 1. The Morgan fingerprint density at radius 1 is 0.927 bits per heavy atom. The zero-order valence-electron chi connectivity index (χ0n) is 24.3. The van der Waals surface area contributed by atoms with Crippen molar-refractivity contribution in [3.8, 4) is 11.5 Å². The second kappa shape index (κ2) is 13.1. The molecule has 0 spiro atoms. The van der Waals surface area contributed by atoms with Gasteiger partial charge in [0, 0.05) is 30.0 Å². The van der Waals surface area contributed by atoms with E-state index in [1.54, 1.807) is 7.11 Å². The quantitative estimate of drug-likeness (QED) is 0.258. The Kier molecular flexibility index (Phi) is 9.07. The molecule has 2 atom stereocenters. The fraction of sp³-hybridized carbons (Fsp3) is 0.371. The SMILES string of the molecule is CCCCCC(=O)N1c2ccccc2NC2=C(C(=O)C[C@@H](c3ccccc3OCCC)C2)[C@@H]1c1ccc(OC)cc1. The summed E-state index contributed by atoms with van der Waals surface area (Å²) in [6.07, 6.45) is 5.17. The van der Waals surface area contributed by atoms with E-state index in [4.69, 9.17) is 9.47 Å². The van der Waals surface area contributed by atoms with Crippen molar-refractivity contribution in [2.75, 3.05) is 23.9 Å². The number of carbonyl (C=O) groups is 2. The van der Waals surface area contributed by atoms with E-state index >= 15 is 0 Å². The second-order valence-electron chi connectivity index (χ2n) is 10.8. The summed E-state index contributed by atoms with van der Waals surface area (Å²) < 4.78 is 11.5. The Bertz CT molecular complexity index is 1410. The van der Waals surface area contributed by atoms with Gasteiger partial charge in [-0.25, -0.2) is 0 Å². The molecule has 1 heterocycles. The minimum absolute atomic E-state index is 0.0236. The number of hydrogen-bond donors (Lipinski definition) is 1. The first-order valence-electron chi connectivity index (χ1n) is 14.9. The molecule has 3 aromatic rings. The van der Waals surface area contributed by atoms with Crippen molar-refractivity contribution in [1.82, 2.24) is 0 Å². The van der Waals surface area contributed by atoms with E-state index in [0.717, 1.165) is 65.4 Å². The van der Waals surface area contributed by atoms with E-state index in [9.17, 15) is 9.59 Å². The molecule has 214 valence electrons. The van der Waals surface area contributed by atoms with Gasteiger partial charge in [0.15, 0.2) is 5.78 Å². The van der Waals surface area contributed by atoms with Crippen LogP contribution in [0.3, 0.4) is 0 Å². The third-order valence-corrected chi connectivity index (χ3v) is 8.00. The average molecular weight is 553 g/mol. The van der Waals surface area contributed by atoms with Gasteiger partial charge in [0.25, 0.3) is 0 Å². The van der Waals surface area contributed by atoms with Crippen LogP contribution in [0.15, 0.2) is 84.1 Å². The maximum atomic E-state index is 14.3. The number of methoxy groups -OCH3 is 1. The van der Waals surface area contributed by atoms with Gasteiger partial charge in [-0.05, 0) is 60.7 Å². The van der Waals surface area contributed by atoms with Crippen molar-refractivity contribution in [2.45, 2.75) is 70.8 Å². The normalized spacial score (nSPS) is 18.2. The number of anilines is 2. The standard InChI is InChI=1S/C35H40N2O4/c1-4-6-7-16-33(39)37-30-14-10-9-13-28(30)36-29-22-25(27-12-8-11-15-32(27)41-21-5-2)23-31(38)34(29)35(37)24-17-19-26(40-3)20-18-24/h8-15,17-20,25,35-36H,4-7,16,21-23H2,1-3H3/t25-,35-/m0/s1. The molecule has 5 rings (SSSR count). The van der Waals surface area contributed by atoms with Gasteiger partial charge in [0.2, 0.25) is 5.91 Å². The maximum Gasteiger partial charge on any atom is 0.227 e. The summed E-state index contributed by atoms with van der Waals surface area (Å²) in [6.45, 7) is 4.85. The Morgan fingerprint density at radius 3 is 2.44 bits per heavy atom. The summed E-state index contributed by atoms with van der Waals surface area (Å²) >= 11 is 0. The van der Waals surface area contributed by atoms with Gasteiger partial charge in [0.05, 0.1) is 31.1 Å². The van der Waals surface area contributed by atoms with E-state index in [-0.39, 0.29) is 17.6 Å². The summed E-state index contributed by atoms with van der Waals surface area (Å²) in [5.41, 5.74) is 5.10. The second-order valence-corrected chi connectivity index (χ2v) is 10.8. The molecule has 3 aromatic carbocycles. The van der Waals surface area contributed by atoms with Crippen molar-refractivity contribution in [3.05, 3.63) is 95.2 Å². The molecule has 41 heavy (non-hydrogen) atoms. The third kappa shape index (κ3) is 6.02. The largest absolute Gasteiger partial charge is 0.497 e. The number of para-hydroxylation sites is 3. The Labute approximate surface area is 243 Å². The number of fused-ring (bicyclic) bond motifs is 1. The molecule has 1 N–H and O–H groups in total. The number of amides is 1. The van der Waals surface area contributed by atoms with Gasteiger partial charge in [-0.2, -0.15) is 0 Å². The Morgan fingerprint density at radius 2 is 1.68 bits per heavy atom. The minimum atomic E-state index is -0.541. The number of carbonyl (C=O) groups excluding carboxylic acids is 2. The van der Waals surface area contributed by atoms with E-state index in [1.165, 1.54) is 0 Å². The minimum Gasteiger partial charge on any atom is -0.497 e. The van der Waals surface area contributed by atoms with E-state index in [0.29, 0.717) is 31.4 Å². The molecular weight excluding hydrogens is 512 g/mol. The lowest BCUT2D eigenvalue weighted by molar-refractivity contribution is -0.119. The molecule has 0 bridgehead atoms. The molecule has 2 aliphatic rings. The molecule has 1 amide bonds. The van der Waals surface area contributed by atoms with Crippen LogP contribution in [-0.4, -0.2) is 25.4 Å². The summed E-state index contributed by atoms with van der Waals surface area (Å²) in [5.74, 6) is 1.61. The van der Waals surface area contributed by atoms with Crippen LogP contribution < -0.4 is 19.7 Å². The smallest absolute Gasteiger partial charge is 0.227 e. The number of allylic oxidation sites excluding steroid dienone is 1. The molecule has 0 saturated heterocycles. The first-order valence-corrected chi connectivity index (χ1v) is 14.9. The number of Topliss-reactive ketones (excluding diaryl/α,β-unsaturated/α-hetero) is 1. The fourth-order valence-corrected chi connectivity index (χ4v) is 5.99. The molecular formula is C35H40N2O4. The van der Waals surface area contributed by atoms with E-state index < -0.39 is 6.04 Å². The van der Waals surface area contributed by atoms with Crippen LogP contribution in [-0.2, 0) is 9.59 Å². The number of nitrogens with zero attached hydrogens (tertiary/aromatic N) is 1. The molecule has 0 fully saturated rings. The Balaban J connectivity index is 1.63. The number of unbranched alkanes of at least 4 members (excludes halogenated alkanes) is 2. The number of nitrogens with one attached hydrogen (secondary N) is 1. The van der Waals surface area contributed by atoms with Crippen LogP contribution in [0.25, 0.3) is 0 Å². The first-order chi connectivity index (χ1) is 20.0. The van der Waals surface area contributed by atoms with Crippen molar-refractivity contribution < 1.29 is 19.1 Å². The maximum absolute atomic E-state index is 14.3. The lowest BCUT2D eigenvalue weighted by Crippen LogP contribution is -2.38. The predicted molar refractivity (Wildman–Crippen MR) is 164 cm³/mol. The van der Waals surface area contributed by atoms with Crippen molar-refractivity contribution >= 4 is 23.1 Å². The van der Waals surface area contributed by atoms with Crippen LogP contribution in [0.2, 0.25) is 0 Å². The van der Waals surface area contributed by atoms with Gasteiger partial charge < -0.3 is 14.8 Å². The first kappa shape index (κ1) is 28.5. The van der Waals surface area contributed by atoms with Crippen LogP contribution in [0, 0.1) is 0 Å². The highest BCUT2D eigenvalue weighted by Gasteiger charge is 2.41. The average Bonchev–Trinajstić information content (AvgIpc) is 3.15. The lowest BCUT2D eigenvalue weighted by atomic mass is 9.78. The molecule has 0 radical (unpaired) electrons. The topological polar surface area (TPSA) is 67.9 Å². The highest BCUT2D eigenvalue weighted by molar-refractivity contribution is 6.06.